The van der Waals surface area contributed by atoms with Crippen LogP contribution in [0.2, 0.25) is 5.15 Å². The van der Waals surface area contributed by atoms with Crippen LogP contribution < -0.4 is 0 Å². The number of alkyl halides is 3. The number of hydrogen-bond acceptors (Lipinski definition) is 1. The number of hydrogen-bond donors (Lipinski definition) is 0. The number of nitrogens with zero attached hydrogens (tertiary/aromatic N) is 2. The van der Waals surface area contributed by atoms with Crippen LogP contribution in [0.3, 0.4) is 0 Å². The lowest BCUT2D eigenvalue weighted by Gasteiger charge is -2.19. The third kappa shape index (κ3) is 2.25. The Morgan fingerprint density at radius 3 is 1.87 bits per heavy atom. The Kier molecular flexibility index (Phi) is 2.76. The van der Waals surface area contributed by atoms with Crippen molar-refractivity contribution in [1.82, 2.24) is 9.78 Å². The van der Waals surface area contributed by atoms with Gasteiger partial charge in [0.05, 0.1) is 5.54 Å². The van der Waals surface area contributed by atoms with Crippen molar-refractivity contribution >= 4 is 11.6 Å². The van der Waals surface area contributed by atoms with E-state index < -0.39 is 28.4 Å². The summed E-state index contributed by atoms with van der Waals surface area (Å²) < 4.78 is 50.7. The summed E-state index contributed by atoms with van der Waals surface area (Å²) in [5.74, 6) is -1.53. The summed E-state index contributed by atoms with van der Waals surface area (Å²) >= 11 is 5.43. The maximum absolute atomic E-state index is 13.1. The van der Waals surface area contributed by atoms with Gasteiger partial charge in [0.15, 0.2) is 11.0 Å². The predicted molar refractivity (Wildman–Crippen MR) is 47.2 cm³/mol. The van der Waals surface area contributed by atoms with E-state index in [0.29, 0.717) is 0 Å². The van der Waals surface area contributed by atoms with Gasteiger partial charge in [-0.2, -0.15) is 18.3 Å². The molecule has 1 aromatic rings. The average molecular weight is 245 g/mol. The molecule has 0 amide bonds. The Hall–Kier alpha value is -0.780. The van der Waals surface area contributed by atoms with Crippen molar-refractivity contribution in [1.29, 1.82) is 0 Å². The predicted octanol–water partition coefficient (Wildman–Crippen LogP) is 3.45. The lowest BCUT2D eigenvalue weighted by molar-refractivity contribution is -0.143. The minimum Gasteiger partial charge on any atom is -0.245 e. The van der Waals surface area contributed by atoms with Gasteiger partial charge in [-0.3, -0.25) is 0 Å². The van der Waals surface area contributed by atoms with Crippen molar-refractivity contribution < 1.29 is 17.6 Å². The zero-order chi connectivity index (χ0) is 12.0. The first-order valence-corrected chi connectivity index (χ1v) is 4.44. The first-order valence-electron chi connectivity index (χ1n) is 4.07. The topological polar surface area (TPSA) is 17.8 Å². The summed E-state index contributed by atoms with van der Waals surface area (Å²) in [6.45, 7) is 4.72. The molecule has 0 atom stereocenters. The molecule has 0 unspecified atom stereocenters. The quantitative estimate of drug-likeness (QED) is 0.639. The fraction of sp³-hybridized carbons (Fsp3) is 0.625. The Labute approximate surface area is 88.8 Å². The van der Waals surface area contributed by atoms with Crippen LogP contribution in [0.4, 0.5) is 17.6 Å². The second kappa shape index (κ2) is 3.37. The minimum atomic E-state index is -4.83. The van der Waals surface area contributed by atoms with E-state index in [1.54, 1.807) is 20.8 Å². The van der Waals surface area contributed by atoms with Gasteiger partial charge in [-0.1, -0.05) is 11.6 Å². The number of halogens is 5. The summed E-state index contributed by atoms with van der Waals surface area (Å²) in [5.41, 5.74) is -2.39. The Balaban J connectivity index is 3.38. The van der Waals surface area contributed by atoms with Crippen LogP contribution in [0.5, 0.6) is 0 Å². The van der Waals surface area contributed by atoms with Crippen LogP contribution in [0.1, 0.15) is 26.5 Å². The highest BCUT2D eigenvalue weighted by atomic mass is 35.5. The molecule has 0 aromatic carbocycles. The van der Waals surface area contributed by atoms with Crippen molar-refractivity contribution in [3.8, 4) is 0 Å². The summed E-state index contributed by atoms with van der Waals surface area (Å²) in [6, 6.07) is 0. The van der Waals surface area contributed by atoms with Crippen molar-refractivity contribution in [3.05, 3.63) is 16.7 Å². The summed E-state index contributed by atoms with van der Waals surface area (Å²) in [6.07, 6.45) is -4.83. The fourth-order valence-electron chi connectivity index (χ4n) is 1.00. The van der Waals surface area contributed by atoms with Crippen molar-refractivity contribution in [2.24, 2.45) is 0 Å². The van der Waals surface area contributed by atoms with E-state index >= 15 is 0 Å². The fourth-order valence-corrected chi connectivity index (χ4v) is 1.38. The molecule has 0 aliphatic carbocycles. The van der Waals surface area contributed by atoms with Crippen molar-refractivity contribution in [2.45, 2.75) is 32.5 Å². The van der Waals surface area contributed by atoms with Crippen LogP contribution in [0.25, 0.3) is 0 Å². The Morgan fingerprint density at radius 2 is 1.67 bits per heavy atom. The van der Waals surface area contributed by atoms with E-state index in [4.69, 9.17) is 11.6 Å². The third-order valence-electron chi connectivity index (χ3n) is 1.68. The van der Waals surface area contributed by atoms with Gasteiger partial charge in [0, 0.05) is 0 Å². The molecule has 0 spiro atoms. The van der Waals surface area contributed by atoms with Gasteiger partial charge in [-0.25, -0.2) is 9.07 Å². The molecule has 0 bridgehead atoms. The molecule has 0 saturated heterocycles. The van der Waals surface area contributed by atoms with Gasteiger partial charge in [-0.05, 0) is 20.8 Å². The van der Waals surface area contributed by atoms with E-state index in [9.17, 15) is 17.6 Å². The molecule has 15 heavy (non-hydrogen) atoms. The zero-order valence-corrected chi connectivity index (χ0v) is 9.04. The highest BCUT2D eigenvalue weighted by molar-refractivity contribution is 6.29. The molecule has 0 aliphatic rings. The molecule has 0 N–H and O–H groups in total. The maximum Gasteiger partial charge on any atom is 0.438 e. The second-order valence-corrected chi connectivity index (χ2v) is 4.39. The van der Waals surface area contributed by atoms with Crippen molar-refractivity contribution in [3.63, 3.8) is 0 Å². The first-order chi connectivity index (χ1) is 6.55. The standard InChI is InChI=1S/C8H9ClF4N2/c1-7(2,3)15-6(9)4(10)5(14-15)8(11,12)13/h1-3H3. The Bertz CT molecular complexity index is 341. The van der Waals surface area contributed by atoms with Crippen LogP contribution in [-0.2, 0) is 11.7 Å². The molecular weight excluding hydrogens is 236 g/mol. The van der Waals surface area contributed by atoms with E-state index in [-0.39, 0.29) is 0 Å². The monoisotopic (exact) mass is 244 g/mol. The van der Waals surface area contributed by atoms with Gasteiger partial charge in [0.1, 0.15) is 0 Å². The van der Waals surface area contributed by atoms with Crippen LogP contribution in [0.15, 0.2) is 0 Å². The summed E-state index contributed by atoms with van der Waals surface area (Å²) in [7, 11) is 0. The van der Waals surface area contributed by atoms with E-state index in [1.807, 2.05) is 0 Å². The van der Waals surface area contributed by atoms with E-state index in [2.05, 4.69) is 5.10 Å². The molecule has 1 aromatic heterocycles. The van der Waals surface area contributed by atoms with Crippen LogP contribution in [-0.4, -0.2) is 9.78 Å². The highest BCUT2D eigenvalue weighted by Gasteiger charge is 2.41. The molecule has 0 saturated carbocycles. The van der Waals surface area contributed by atoms with E-state index in [1.165, 1.54) is 0 Å². The number of rotatable bonds is 0. The van der Waals surface area contributed by atoms with Crippen LogP contribution >= 0.6 is 11.6 Å². The summed E-state index contributed by atoms with van der Waals surface area (Å²) in [4.78, 5) is 0. The second-order valence-electron chi connectivity index (χ2n) is 4.03. The number of aromatic nitrogens is 2. The molecular formula is C8H9ClF4N2. The van der Waals surface area contributed by atoms with Gasteiger partial charge < -0.3 is 0 Å². The normalized spacial score (nSPS) is 13.3. The lowest BCUT2D eigenvalue weighted by Crippen LogP contribution is -2.24. The first kappa shape index (κ1) is 12.3. The molecule has 0 radical (unpaired) electrons. The molecule has 7 heteroatoms. The molecule has 86 valence electrons. The molecule has 2 nitrogen and oxygen atoms in total. The van der Waals surface area contributed by atoms with Gasteiger partial charge in [-0.15, -0.1) is 0 Å². The van der Waals surface area contributed by atoms with E-state index in [0.717, 1.165) is 4.68 Å². The zero-order valence-electron chi connectivity index (χ0n) is 8.28. The lowest BCUT2D eigenvalue weighted by atomic mass is 10.1. The molecule has 0 fully saturated rings. The van der Waals surface area contributed by atoms with Gasteiger partial charge >= 0.3 is 6.18 Å². The van der Waals surface area contributed by atoms with Crippen LogP contribution in [0, 0.1) is 5.82 Å². The average Bonchev–Trinajstić information content (AvgIpc) is 2.26. The third-order valence-corrected chi connectivity index (χ3v) is 2.00. The van der Waals surface area contributed by atoms with Crippen molar-refractivity contribution in [2.75, 3.05) is 0 Å². The molecule has 1 rings (SSSR count). The molecule has 0 aliphatic heterocycles. The maximum atomic E-state index is 13.1. The van der Waals surface area contributed by atoms with Gasteiger partial charge in [0.2, 0.25) is 5.69 Å². The SMILES string of the molecule is CC(C)(C)n1nc(C(F)(F)F)c(F)c1Cl. The minimum absolute atomic E-state index is 0.630. The van der Waals surface area contributed by atoms with Gasteiger partial charge in [0.25, 0.3) is 0 Å². The molecule has 1 heterocycles. The Morgan fingerprint density at radius 1 is 1.20 bits per heavy atom. The smallest absolute Gasteiger partial charge is 0.245 e. The summed E-state index contributed by atoms with van der Waals surface area (Å²) in [5, 5.41) is 2.51. The highest BCUT2D eigenvalue weighted by Crippen LogP contribution is 2.35. The largest absolute Gasteiger partial charge is 0.438 e.